The third-order valence-electron chi connectivity index (χ3n) is 4.85. The number of ether oxygens (including phenoxy) is 2. The van der Waals surface area contributed by atoms with E-state index in [0.717, 1.165) is 38.3 Å². The van der Waals surface area contributed by atoms with E-state index in [1.54, 1.807) is 18.5 Å². The Hall–Kier alpha value is -2.93. The van der Waals surface area contributed by atoms with E-state index in [9.17, 15) is 4.79 Å². The molecule has 1 aliphatic heterocycles. The molecule has 1 aromatic carbocycles. The predicted molar refractivity (Wildman–Crippen MR) is 103 cm³/mol. The molecule has 2 aromatic heterocycles. The molecule has 7 heteroatoms. The van der Waals surface area contributed by atoms with E-state index in [2.05, 4.69) is 26.9 Å². The Morgan fingerprint density at radius 2 is 2.00 bits per heavy atom. The molecule has 1 N–H and O–H groups in total. The van der Waals surface area contributed by atoms with Gasteiger partial charge in [-0.3, -0.25) is 14.8 Å². The van der Waals surface area contributed by atoms with E-state index in [4.69, 9.17) is 9.47 Å². The highest BCUT2D eigenvalue weighted by Crippen LogP contribution is 2.24. The second-order valence-corrected chi connectivity index (χ2v) is 6.80. The number of nitrogens with one attached hydrogen (secondary N) is 1. The number of anilines is 1. The minimum Gasteiger partial charge on any atom is -0.426 e. The van der Waals surface area contributed by atoms with Crippen LogP contribution in [0, 0.1) is 5.92 Å². The van der Waals surface area contributed by atoms with Crippen molar-refractivity contribution in [1.29, 1.82) is 0 Å². The summed E-state index contributed by atoms with van der Waals surface area (Å²) >= 11 is 0. The zero-order valence-electron chi connectivity index (χ0n) is 15.2. The highest BCUT2D eigenvalue weighted by molar-refractivity contribution is 5.76. The monoisotopic (exact) mass is 366 g/mol. The van der Waals surface area contributed by atoms with Crippen molar-refractivity contribution >= 4 is 16.6 Å². The Kier molecular flexibility index (Phi) is 5.02. The molecule has 3 heterocycles. The van der Waals surface area contributed by atoms with E-state index in [1.165, 1.54) is 0 Å². The van der Waals surface area contributed by atoms with Gasteiger partial charge in [-0.2, -0.15) is 4.98 Å². The molecule has 0 aliphatic carbocycles. The molecule has 0 amide bonds. The fourth-order valence-corrected chi connectivity index (χ4v) is 3.32. The summed E-state index contributed by atoms with van der Waals surface area (Å²) in [6.45, 7) is 2.73. The number of pyridine rings is 1. The highest BCUT2D eigenvalue weighted by atomic mass is 16.5. The van der Waals surface area contributed by atoms with Crippen molar-refractivity contribution in [2.45, 2.75) is 12.8 Å². The molecular formula is C20H22N4O3. The van der Waals surface area contributed by atoms with Gasteiger partial charge in [0, 0.05) is 38.7 Å². The van der Waals surface area contributed by atoms with Crippen LogP contribution in [-0.4, -0.2) is 41.8 Å². The minimum atomic E-state index is -0.245. The number of hydrogen-bond acceptors (Lipinski definition) is 6. The number of H-pyrrole nitrogens is 1. The number of fused-ring (bicyclic) bond motifs is 1. The van der Waals surface area contributed by atoms with Crippen LogP contribution in [0.1, 0.15) is 12.8 Å². The van der Waals surface area contributed by atoms with E-state index >= 15 is 0 Å². The quantitative estimate of drug-likeness (QED) is 0.748. The number of hydrogen-bond donors (Lipinski definition) is 1. The van der Waals surface area contributed by atoms with Gasteiger partial charge in [0.1, 0.15) is 5.75 Å². The van der Waals surface area contributed by atoms with Gasteiger partial charge < -0.3 is 14.4 Å². The predicted octanol–water partition coefficient (Wildman–Crippen LogP) is 2.97. The topological polar surface area (TPSA) is 80.3 Å². The van der Waals surface area contributed by atoms with E-state index in [0.29, 0.717) is 22.6 Å². The number of rotatable bonds is 5. The number of aromatic nitrogens is 3. The third-order valence-corrected chi connectivity index (χ3v) is 4.85. The lowest BCUT2D eigenvalue weighted by Gasteiger charge is -2.28. The largest absolute Gasteiger partial charge is 0.426 e. The molecule has 0 atom stereocenters. The zero-order chi connectivity index (χ0) is 18.6. The summed E-state index contributed by atoms with van der Waals surface area (Å²) in [5.74, 6) is 1.28. The Labute approximate surface area is 157 Å². The fourth-order valence-electron chi connectivity index (χ4n) is 3.32. The summed E-state index contributed by atoms with van der Waals surface area (Å²) < 4.78 is 11.1. The summed E-state index contributed by atoms with van der Waals surface area (Å²) in [5.41, 5.74) is 1.38. The first-order valence-corrected chi connectivity index (χ1v) is 9.10. The van der Waals surface area contributed by atoms with Crippen LogP contribution in [0.4, 0.5) is 5.69 Å². The lowest BCUT2D eigenvalue weighted by molar-refractivity contribution is 0.0685. The smallest absolute Gasteiger partial charge is 0.302 e. The maximum absolute atomic E-state index is 12.1. The van der Waals surface area contributed by atoms with Crippen LogP contribution in [0.2, 0.25) is 0 Å². The average Bonchev–Trinajstić information content (AvgIpc) is 2.69. The van der Waals surface area contributed by atoms with Gasteiger partial charge >= 0.3 is 6.01 Å². The van der Waals surface area contributed by atoms with Crippen molar-refractivity contribution in [3.8, 4) is 11.8 Å². The Balaban J connectivity index is 1.45. The molecule has 0 saturated carbocycles. The molecule has 1 aliphatic rings. The van der Waals surface area contributed by atoms with Crippen LogP contribution in [0.3, 0.4) is 0 Å². The number of aromatic amines is 1. The fraction of sp³-hybridized carbons (Fsp3) is 0.350. The first-order chi connectivity index (χ1) is 13.2. The van der Waals surface area contributed by atoms with Gasteiger partial charge in [-0.05, 0) is 49.1 Å². The molecule has 7 nitrogen and oxygen atoms in total. The van der Waals surface area contributed by atoms with Gasteiger partial charge in [-0.15, -0.1) is 0 Å². The lowest BCUT2D eigenvalue weighted by Crippen LogP contribution is -2.29. The molecular weight excluding hydrogens is 344 g/mol. The molecule has 1 fully saturated rings. The van der Waals surface area contributed by atoms with Crippen LogP contribution in [0.25, 0.3) is 10.9 Å². The van der Waals surface area contributed by atoms with Gasteiger partial charge in [0.05, 0.1) is 17.1 Å². The van der Waals surface area contributed by atoms with E-state index in [-0.39, 0.29) is 11.6 Å². The number of nitrogens with zero attached hydrogens (tertiary/aromatic N) is 3. The molecule has 140 valence electrons. The van der Waals surface area contributed by atoms with Crippen LogP contribution >= 0.6 is 0 Å². The lowest BCUT2D eigenvalue weighted by atomic mass is 10.00. The highest BCUT2D eigenvalue weighted by Gasteiger charge is 2.16. The van der Waals surface area contributed by atoms with Gasteiger partial charge in [-0.1, -0.05) is 0 Å². The van der Waals surface area contributed by atoms with Crippen molar-refractivity contribution in [3.63, 3.8) is 0 Å². The second kappa shape index (κ2) is 7.75. The van der Waals surface area contributed by atoms with Gasteiger partial charge in [0.2, 0.25) is 0 Å². The number of benzene rings is 1. The molecule has 0 radical (unpaired) electrons. The van der Waals surface area contributed by atoms with E-state index in [1.807, 2.05) is 24.3 Å². The molecule has 0 bridgehead atoms. The molecule has 0 spiro atoms. The summed E-state index contributed by atoms with van der Waals surface area (Å²) in [6.07, 6.45) is 5.34. The van der Waals surface area contributed by atoms with Crippen molar-refractivity contribution < 1.29 is 9.47 Å². The first-order valence-electron chi connectivity index (χ1n) is 9.10. The van der Waals surface area contributed by atoms with Crippen LogP contribution in [0.5, 0.6) is 11.8 Å². The van der Waals surface area contributed by atoms with E-state index < -0.39 is 0 Å². The van der Waals surface area contributed by atoms with Crippen LogP contribution < -0.4 is 15.2 Å². The first kappa shape index (κ1) is 17.5. The maximum Gasteiger partial charge on any atom is 0.302 e. The average molecular weight is 366 g/mol. The summed E-state index contributed by atoms with van der Waals surface area (Å²) in [5, 5.41) is 0.488. The molecule has 4 rings (SSSR count). The van der Waals surface area contributed by atoms with Gasteiger partial charge in [0.25, 0.3) is 5.56 Å². The molecule has 0 unspecified atom stereocenters. The van der Waals surface area contributed by atoms with Crippen LogP contribution in [-0.2, 0) is 4.74 Å². The summed E-state index contributed by atoms with van der Waals surface area (Å²) in [6, 6.07) is 9.56. The minimum absolute atomic E-state index is 0.156. The van der Waals surface area contributed by atoms with Crippen LogP contribution in [0.15, 0.2) is 47.5 Å². The van der Waals surface area contributed by atoms with Crippen molar-refractivity contribution in [2.75, 3.05) is 31.7 Å². The summed E-state index contributed by atoms with van der Waals surface area (Å²) in [4.78, 5) is 25.3. The van der Waals surface area contributed by atoms with Crippen molar-refractivity contribution in [3.05, 3.63) is 53.1 Å². The zero-order valence-corrected chi connectivity index (χ0v) is 15.2. The summed E-state index contributed by atoms with van der Waals surface area (Å²) in [7, 11) is 2.10. The molecule has 1 saturated heterocycles. The standard InChI is InChI=1S/C20H22N4O3/c1-24(13-14-7-10-26-11-8-14)15-2-4-16(5-3-15)27-20-22-18-12-21-9-6-17(18)19(25)23-20/h2-6,9,12,14H,7-8,10-11,13H2,1H3,(H,22,23,25). The SMILES string of the molecule is CN(CC1CCOCC1)c1ccc(Oc2nc3cnccc3c(=O)[nH]2)cc1. The Morgan fingerprint density at radius 1 is 1.22 bits per heavy atom. The van der Waals surface area contributed by atoms with Crippen molar-refractivity contribution in [2.24, 2.45) is 5.92 Å². The van der Waals surface area contributed by atoms with Crippen molar-refractivity contribution in [1.82, 2.24) is 15.0 Å². The maximum atomic E-state index is 12.1. The van der Waals surface area contributed by atoms with Gasteiger partial charge in [0.15, 0.2) is 0 Å². The molecule has 27 heavy (non-hydrogen) atoms. The Bertz CT molecular complexity index is 965. The second-order valence-electron chi connectivity index (χ2n) is 6.80. The third kappa shape index (κ3) is 4.09. The Morgan fingerprint density at radius 3 is 2.78 bits per heavy atom. The molecule has 3 aromatic rings. The van der Waals surface area contributed by atoms with Gasteiger partial charge in [-0.25, -0.2) is 0 Å². The normalized spacial score (nSPS) is 15.0.